The Balaban J connectivity index is 2.48. The molecule has 20 heavy (non-hydrogen) atoms. The van der Waals surface area contributed by atoms with Gasteiger partial charge in [0.15, 0.2) is 0 Å². The topological polar surface area (TPSA) is 67.6 Å². The lowest BCUT2D eigenvalue weighted by molar-refractivity contribution is -0.116. The second-order valence-electron chi connectivity index (χ2n) is 5.19. The van der Waals surface area contributed by atoms with Crippen LogP contribution in [0.4, 0.5) is 11.4 Å². The quantitative estimate of drug-likeness (QED) is 0.752. The fraction of sp³-hybridized carbons (Fsp3) is 0.533. The van der Waals surface area contributed by atoms with Crippen molar-refractivity contribution in [1.82, 2.24) is 4.90 Å². The lowest BCUT2D eigenvalue weighted by Gasteiger charge is -2.20. The minimum absolute atomic E-state index is 0.0222. The van der Waals surface area contributed by atoms with Crippen LogP contribution in [-0.2, 0) is 4.79 Å². The molecular weight excluding hydrogens is 254 g/mol. The van der Waals surface area contributed by atoms with E-state index in [-0.39, 0.29) is 5.91 Å². The van der Waals surface area contributed by atoms with Crippen molar-refractivity contribution in [1.29, 1.82) is 0 Å². The van der Waals surface area contributed by atoms with Crippen molar-refractivity contribution in [3.05, 3.63) is 18.2 Å². The number of nitrogens with zero attached hydrogens (tertiary/aromatic N) is 1. The predicted octanol–water partition coefficient (Wildman–Crippen LogP) is 2.34. The molecule has 5 heteroatoms. The SMILES string of the molecule is COc1ccc(N)cc1NC(=O)CCCN(C)C(C)C. The average molecular weight is 279 g/mol. The third-order valence-corrected chi connectivity index (χ3v) is 3.29. The number of methoxy groups -OCH3 is 1. The van der Waals surface area contributed by atoms with Gasteiger partial charge in [0.25, 0.3) is 0 Å². The normalized spacial score (nSPS) is 10.9. The highest BCUT2D eigenvalue weighted by Gasteiger charge is 2.09. The Labute approximate surface area is 121 Å². The van der Waals surface area contributed by atoms with Gasteiger partial charge in [-0.1, -0.05) is 0 Å². The summed E-state index contributed by atoms with van der Waals surface area (Å²) in [6.07, 6.45) is 1.31. The van der Waals surface area contributed by atoms with E-state index in [0.717, 1.165) is 13.0 Å². The van der Waals surface area contributed by atoms with Gasteiger partial charge >= 0.3 is 0 Å². The Bertz CT molecular complexity index is 447. The lowest BCUT2D eigenvalue weighted by Crippen LogP contribution is -2.28. The van der Waals surface area contributed by atoms with Gasteiger partial charge in [-0.15, -0.1) is 0 Å². The number of benzene rings is 1. The van der Waals surface area contributed by atoms with E-state index in [0.29, 0.717) is 29.6 Å². The maximum absolute atomic E-state index is 11.9. The summed E-state index contributed by atoms with van der Waals surface area (Å²) in [5, 5.41) is 2.84. The first-order chi connectivity index (χ1) is 9.43. The van der Waals surface area contributed by atoms with E-state index in [2.05, 4.69) is 31.1 Å². The number of rotatable bonds is 7. The first kappa shape index (κ1) is 16.3. The number of nitrogen functional groups attached to an aromatic ring is 1. The summed E-state index contributed by atoms with van der Waals surface area (Å²) in [6.45, 7) is 5.18. The molecule has 0 unspecified atom stereocenters. The molecule has 0 saturated carbocycles. The lowest BCUT2D eigenvalue weighted by atomic mass is 10.2. The Morgan fingerprint density at radius 3 is 2.75 bits per heavy atom. The molecule has 0 spiro atoms. The maximum atomic E-state index is 11.9. The van der Waals surface area contributed by atoms with Crippen LogP contribution in [-0.4, -0.2) is 37.6 Å². The molecule has 0 radical (unpaired) electrons. The van der Waals surface area contributed by atoms with Crippen molar-refractivity contribution in [2.45, 2.75) is 32.7 Å². The molecule has 0 aliphatic heterocycles. The molecule has 0 bridgehead atoms. The minimum atomic E-state index is -0.0222. The van der Waals surface area contributed by atoms with Gasteiger partial charge in [-0.2, -0.15) is 0 Å². The van der Waals surface area contributed by atoms with E-state index in [4.69, 9.17) is 10.5 Å². The van der Waals surface area contributed by atoms with Gasteiger partial charge in [-0.25, -0.2) is 0 Å². The number of hydrogen-bond acceptors (Lipinski definition) is 4. The first-order valence-corrected chi connectivity index (χ1v) is 6.87. The second-order valence-corrected chi connectivity index (χ2v) is 5.19. The molecule has 5 nitrogen and oxygen atoms in total. The molecule has 112 valence electrons. The molecule has 0 aliphatic carbocycles. The number of amides is 1. The third kappa shape index (κ3) is 5.09. The highest BCUT2D eigenvalue weighted by molar-refractivity contribution is 5.92. The summed E-state index contributed by atoms with van der Waals surface area (Å²) in [5.74, 6) is 0.595. The smallest absolute Gasteiger partial charge is 0.224 e. The van der Waals surface area contributed by atoms with Crippen LogP contribution in [0.3, 0.4) is 0 Å². The molecule has 1 aromatic carbocycles. The number of hydrogen-bond donors (Lipinski definition) is 2. The summed E-state index contributed by atoms with van der Waals surface area (Å²) in [4.78, 5) is 14.1. The summed E-state index contributed by atoms with van der Waals surface area (Å²) < 4.78 is 5.20. The molecule has 0 aliphatic rings. The fourth-order valence-corrected chi connectivity index (χ4v) is 1.78. The van der Waals surface area contributed by atoms with Crippen molar-refractivity contribution < 1.29 is 9.53 Å². The van der Waals surface area contributed by atoms with Gasteiger partial charge in [0.05, 0.1) is 12.8 Å². The van der Waals surface area contributed by atoms with E-state index in [1.54, 1.807) is 25.3 Å². The molecule has 1 rings (SSSR count). The van der Waals surface area contributed by atoms with Crippen LogP contribution >= 0.6 is 0 Å². The van der Waals surface area contributed by atoms with E-state index >= 15 is 0 Å². The van der Waals surface area contributed by atoms with Gasteiger partial charge in [0.2, 0.25) is 5.91 Å². The van der Waals surface area contributed by atoms with Crippen LogP contribution in [0.25, 0.3) is 0 Å². The van der Waals surface area contributed by atoms with Crippen molar-refractivity contribution in [3.63, 3.8) is 0 Å². The van der Waals surface area contributed by atoms with Crippen LogP contribution < -0.4 is 15.8 Å². The highest BCUT2D eigenvalue weighted by Crippen LogP contribution is 2.26. The maximum Gasteiger partial charge on any atom is 0.224 e. The Morgan fingerprint density at radius 2 is 2.15 bits per heavy atom. The zero-order chi connectivity index (χ0) is 15.1. The molecule has 0 atom stereocenters. The molecule has 0 saturated heterocycles. The average Bonchev–Trinajstić information content (AvgIpc) is 2.38. The number of nitrogens with one attached hydrogen (secondary N) is 1. The van der Waals surface area contributed by atoms with Crippen LogP contribution in [0.2, 0.25) is 0 Å². The van der Waals surface area contributed by atoms with Gasteiger partial charge in [-0.3, -0.25) is 4.79 Å². The summed E-state index contributed by atoms with van der Waals surface area (Å²) in [6, 6.07) is 5.69. The molecule has 0 aromatic heterocycles. The largest absolute Gasteiger partial charge is 0.495 e. The molecule has 3 N–H and O–H groups in total. The van der Waals surface area contributed by atoms with E-state index in [9.17, 15) is 4.79 Å². The zero-order valence-electron chi connectivity index (χ0n) is 12.8. The van der Waals surface area contributed by atoms with Gasteiger partial charge in [-0.05, 0) is 52.1 Å². The summed E-state index contributed by atoms with van der Waals surface area (Å²) in [7, 11) is 3.63. The minimum Gasteiger partial charge on any atom is -0.495 e. The Kier molecular flexibility index (Phi) is 6.31. The highest BCUT2D eigenvalue weighted by atomic mass is 16.5. The van der Waals surface area contributed by atoms with Crippen molar-refractivity contribution in [3.8, 4) is 5.75 Å². The monoisotopic (exact) mass is 279 g/mol. The van der Waals surface area contributed by atoms with E-state index < -0.39 is 0 Å². The summed E-state index contributed by atoms with van der Waals surface area (Å²) in [5.41, 5.74) is 6.94. The Morgan fingerprint density at radius 1 is 1.45 bits per heavy atom. The number of ether oxygens (including phenoxy) is 1. The predicted molar refractivity (Wildman–Crippen MR) is 83.0 cm³/mol. The van der Waals surface area contributed by atoms with E-state index in [1.165, 1.54) is 0 Å². The van der Waals surface area contributed by atoms with Gasteiger partial charge < -0.3 is 20.7 Å². The summed E-state index contributed by atoms with van der Waals surface area (Å²) >= 11 is 0. The van der Waals surface area contributed by atoms with Crippen LogP contribution in [0.5, 0.6) is 5.75 Å². The molecule has 1 amide bonds. The molecule has 0 fully saturated rings. The van der Waals surface area contributed by atoms with Crippen LogP contribution in [0, 0.1) is 0 Å². The molecule has 1 aromatic rings. The number of carbonyl (C=O) groups is 1. The van der Waals surface area contributed by atoms with Crippen molar-refractivity contribution in [2.75, 3.05) is 31.8 Å². The third-order valence-electron chi connectivity index (χ3n) is 3.29. The number of nitrogens with two attached hydrogens (primary N) is 1. The Hall–Kier alpha value is -1.75. The fourth-order valence-electron chi connectivity index (χ4n) is 1.78. The molecular formula is C15H25N3O2. The number of carbonyl (C=O) groups excluding carboxylic acids is 1. The molecule has 0 heterocycles. The standard InChI is InChI=1S/C15H25N3O2/c1-11(2)18(3)9-5-6-15(19)17-13-10-12(16)7-8-14(13)20-4/h7-8,10-11H,5-6,9,16H2,1-4H3,(H,17,19). The van der Waals surface area contributed by atoms with Crippen LogP contribution in [0.15, 0.2) is 18.2 Å². The van der Waals surface area contributed by atoms with E-state index in [1.807, 2.05) is 0 Å². The number of anilines is 2. The van der Waals surface area contributed by atoms with Crippen molar-refractivity contribution in [2.24, 2.45) is 0 Å². The van der Waals surface area contributed by atoms with Gasteiger partial charge in [0, 0.05) is 18.2 Å². The zero-order valence-corrected chi connectivity index (χ0v) is 12.8. The second kappa shape index (κ2) is 7.75. The van der Waals surface area contributed by atoms with Crippen LogP contribution in [0.1, 0.15) is 26.7 Å². The first-order valence-electron chi connectivity index (χ1n) is 6.87. The van der Waals surface area contributed by atoms with Gasteiger partial charge in [0.1, 0.15) is 5.75 Å². The van der Waals surface area contributed by atoms with Crippen molar-refractivity contribution >= 4 is 17.3 Å².